The Balaban J connectivity index is 0.000000141. The fraction of sp³-hybridized carbons (Fsp3) is 0.491. The van der Waals surface area contributed by atoms with Crippen LogP contribution in [-0.4, -0.2) is 133 Å². The van der Waals surface area contributed by atoms with Crippen molar-refractivity contribution >= 4 is 118 Å². The third kappa shape index (κ3) is 24.1. The van der Waals surface area contributed by atoms with Crippen LogP contribution in [-0.2, 0) is 48.1 Å². The van der Waals surface area contributed by atoms with Gasteiger partial charge in [0, 0.05) is 104 Å². The quantitative estimate of drug-likeness (QED) is 0.0289. The zero-order valence-corrected chi connectivity index (χ0v) is 83.5. The lowest BCUT2D eigenvalue weighted by molar-refractivity contribution is -0.142. The molecule has 8 atom stereocenters. The number of nitrogens with zero attached hydrogens (tertiary/aromatic N) is 12. The van der Waals surface area contributed by atoms with Crippen LogP contribution in [0.1, 0.15) is 256 Å². The standard InChI is InChI=1S/C29H35FN4O2.C28H32F2N4O2.C26H31FN4O3.C25H31FN4O3S/c1-17(2)34-16-32-27-23(30)12-21(13-24(27)34)22-14-26(31-15-18(22)3)33-28(36)20-7-5-6-19(10-20)11-25(35)29(4)8-9-29;1-16(2)34-15-32-26-22(29)11-20(12-23(26)34)21-13-25(31-14-17(21)3)33-27(36)19-6-4-5-18(9-19)10-24(35)28(30)7-8-28;1-15(2)31-14-29-25-21(27)10-19(11-22(25)31)20-12-23(28-13-16(20)3)30-26(33)18-7-5-6-17(8-18)9-24(32)34-4;1-15(2)30-14-28-24-21(26)9-19(10-22(24)30)20-11-23(27-12-16(20)3)29-25(31)18-7-5-6-17(8-18)13-34(4,32)33/h12-17,19-20H,5-11H2,1-4H3,(H,31,33,36);11-16,18-19H,4-10H2,1-3H3,(H,31,33,36);10-15,17-18H,5-9H2,1-4H3,(H,28,30,33);9-12,14-15,17-18H,5-8,13H2,1-4H3,(H,27,29,31)/t19-,20+;18-,19+;2*17-,18+/m1111/s1. The molecule has 0 unspecified atom stereocenters. The molecule has 26 nitrogen and oxygen atoms in total. The van der Waals surface area contributed by atoms with E-state index < -0.39 is 27.1 Å². The average Bonchev–Trinajstić information content (AvgIpc) is 1.66. The summed E-state index contributed by atoms with van der Waals surface area (Å²) >= 11 is 0. The molecule has 6 aliphatic rings. The Labute approximate surface area is 814 Å². The van der Waals surface area contributed by atoms with E-state index in [4.69, 9.17) is 4.74 Å². The minimum atomic E-state index is -3.08. The number of esters is 1. The largest absolute Gasteiger partial charge is 0.469 e. The van der Waals surface area contributed by atoms with Crippen molar-refractivity contribution in [2.45, 2.75) is 268 Å². The van der Waals surface area contributed by atoms with Crippen molar-refractivity contribution in [1.82, 2.24) is 58.1 Å². The van der Waals surface area contributed by atoms with E-state index in [9.17, 15) is 63.9 Å². The molecule has 0 saturated heterocycles. The number of carbonyl (C=O) groups is 7. The number of alkyl halides is 1. The van der Waals surface area contributed by atoms with Crippen LogP contribution in [0.15, 0.2) is 123 Å². The van der Waals surface area contributed by atoms with Gasteiger partial charge in [0.1, 0.15) is 61.0 Å². The topological polar surface area (TPSA) is 334 Å². The Kier molecular flexibility index (Phi) is 31.3. The molecule has 0 radical (unpaired) electrons. The number of aryl methyl sites for hydroxylation is 4. The number of aromatic nitrogens is 12. The predicted molar refractivity (Wildman–Crippen MR) is 534 cm³/mol. The van der Waals surface area contributed by atoms with Gasteiger partial charge in [0.15, 0.2) is 34.7 Å². The number of fused-ring (bicyclic) bond motifs is 4. The number of anilines is 4. The van der Waals surface area contributed by atoms with E-state index in [1.54, 1.807) is 68.3 Å². The van der Waals surface area contributed by atoms with Crippen LogP contribution in [0, 0.1) is 104 Å². The fourth-order valence-corrected chi connectivity index (χ4v) is 21.7. The first-order valence-electron chi connectivity index (χ1n) is 49.3. The molecule has 6 fully saturated rings. The summed E-state index contributed by atoms with van der Waals surface area (Å²) in [6.45, 7) is 25.9. The third-order valence-corrected chi connectivity index (χ3v) is 30.1. The number of ether oxygens (including phenoxy) is 1. The van der Waals surface area contributed by atoms with Gasteiger partial charge in [-0.2, -0.15) is 0 Å². The number of hydrogen-bond acceptors (Lipinski definition) is 18. The summed E-state index contributed by atoms with van der Waals surface area (Å²) in [5, 5.41) is 11.8. The minimum absolute atomic E-state index is 0.00143. The average molecular weight is 1940 g/mol. The van der Waals surface area contributed by atoms with E-state index in [0.29, 0.717) is 124 Å². The van der Waals surface area contributed by atoms with E-state index in [-0.39, 0.29) is 136 Å². The molecular weight excluding hydrogens is 1810 g/mol. The second kappa shape index (κ2) is 43.0. The molecule has 140 heavy (non-hydrogen) atoms. The highest BCUT2D eigenvalue weighted by atomic mass is 32.2. The van der Waals surface area contributed by atoms with Crippen molar-refractivity contribution in [2.24, 2.45) is 52.8 Å². The summed E-state index contributed by atoms with van der Waals surface area (Å²) < 4.78 is 109. The van der Waals surface area contributed by atoms with Gasteiger partial charge >= 0.3 is 5.97 Å². The number of halogens is 5. The maximum Gasteiger partial charge on any atom is 0.305 e. The summed E-state index contributed by atoms with van der Waals surface area (Å²) in [4.78, 5) is 123. The highest BCUT2D eigenvalue weighted by Crippen LogP contribution is 2.49. The molecule has 4 aromatic carbocycles. The van der Waals surface area contributed by atoms with Crippen molar-refractivity contribution < 1.29 is 68.7 Å². The second-order valence-electron chi connectivity index (χ2n) is 41.4. The summed E-state index contributed by atoms with van der Waals surface area (Å²) in [6.07, 6.45) is 31.2. The molecule has 6 aliphatic carbocycles. The number of nitrogens with one attached hydrogen (secondary N) is 4. The number of rotatable bonds is 26. The Morgan fingerprint density at radius 2 is 0.650 bits per heavy atom. The number of Topliss-reactive ketones (excluding diaryl/α,β-unsaturated/α-hetero) is 2. The van der Waals surface area contributed by atoms with Gasteiger partial charge in [-0.05, 0) is 349 Å². The normalized spacial score (nSPS) is 19.9. The first kappa shape index (κ1) is 102. The van der Waals surface area contributed by atoms with Gasteiger partial charge in [0.05, 0.1) is 60.2 Å². The number of methoxy groups -OCH3 is 1. The number of amides is 4. The molecule has 8 aromatic heterocycles. The summed E-state index contributed by atoms with van der Waals surface area (Å²) in [5.41, 5.74) is 12.0. The van der Waals surface area contributed by atoms with Gasteiger partial charge in [-0.1, -0.05) is 32.6 Å². The molecule has 4 N–H and O–H groups in total. The highest BCUT2D eigenvalue weighted by molar-refractivity contribution is 7.90. The number of pyridine rings is 4. The number of hydrogen-bond donors (Lipinski definition) is 4. The van der Waals surface area contributed by atoms with Crippen molar-refractivity contribution in [3.05, 3.63) is 168 Å². The molecule has 0 aliphatic heterocycles. The van der Waals surface area contributed by atoms with Crippen molar-refractivity contribution in [3.8, 4) is 44.5 Å². The summed E-state index contributed by atoms with van der Waals surface area (Å²) in [6, 6.07) is 21.3. The monoisotopic (exact) mass is 1940 g/mol. The molecular formula is C108H129F5N16O10S. The van der Waals surface area contributed by atoms with E-state index in [0.717, 1.165) is 157 Å². The van der Waals surface area contributed by atoms with E-state index >= 15 is 0 Å². The smallest absolute Gasteiger partial charge is 0.305 e. The molecule has 0 spiro atoms. The maximum absolute atomic E-state index is 14.9. The van der Waals surface area contributed by atoms with Gasteiger partial charge in [-0.3, -0.25) is 33.6 Å². The van der Waals surface area contributed by atoms with Gasteiger partial charge in [-0.25, -0.2) is 70.2 Å². The van der Waals surface area contributed by atoms with Gasteiger partial charge in [0.2, 0.25) is 23.6 Å². The summed E-state index contributed by atoms with van der Waals surface area (Å²) in [7, 11) is -1.69. The first-order chi connectivity index (χ1) is 66.6. The van der Waals surface area contributed by atoms with Crippen molar-refractivity contribution in [2.75, 3.05) is 40.4 Å². The molecule has 0 bridgehead atoms. The molecule has 12 aromatic rings. The minimum Gasteiger partial charge on any atom is -0.469 e. The molecule has 742 valence electrons. The SMILES string of the molecule is COC(=O)C[C@@H]1CCC[C@H](C(=O)Nc2cc(-c3cc(F)c4ncn(C(C)C)c4c3)c(C)cn2)C1.Cc1cnc(NC(=O)[C@H]2CCC[C@@H](CC(=O)C3(C)CC3)C2)cc1-c1cc(F)c2ncn(C(C)C)c2c1.Cc1cnc(NC(=O)[C@H]2CCC[C@@H](CC(=O)C3(F)CC3)C2)cc1-c1cc(F)c2ncn(C(C)C)c2c1.Cc1cnc(NC(=O)[C@H]2CCC[C@@H](CS(C)(=O)=O)C2)cc1-c1cc(F)c2ncn(C(C)C)c2c1. The molecule has 8 heterocycles. The number of ketones is 2. The lowest BCUT2D eigenvalue weighted by Crippen LogP contribution is -2.30. The van der Waals surface area contributed by atoms with Crippen LogP contribution in [0.5, 0.6) is 0 Å². The molecule has 4 amide bonds. The number of carbonyl (C=O) groups excluding carboxylic acids is 7. The lowest BCUT2D eigenvalue weighted by Gasteiger charge is -2.28. The zero-order valence-electron chi connectivity index (χ0n) is 82.7. The Morgan fingerprint density at radius 1 is 0.386 bits per heavy atom. The van der Waals surface area contributed by atoms with E-state index in [1.165, 1.54) is 37.6 Å². The van der Waals surface area contributed by atoms with Crippen LogP contribution < -0.4 is 21.3 Å². The fourth-order valence-electron chi connectivity index (χ4n) is 20.5. The number of imidazole rings is 4. The van der Waals surface area contributed by atoms with Crippen LogP contribution in [0.3, 0.4) is 0 Å². The maximum atomic E-state index is 14.9. The first-order valence-corrected chi connectivity index (χ1v) is 51.4. The summed E-state index contributed by atoms with van der Waals surface area (Å²) in [5.74, 6) is -0.683. The van der Waals surface area contributed by atoms with Crippen LogP contribution in [0.25, 0.3) is 88.6 Å². The Hall–Kier alpha value is -12.4. The van der Waals surface area contributed by atoms with Crippen LogP contribution in [0.4, 0.5) is 45.2 Å². The molecule has 32 heteroatoms. The van der Waals surface area contributed by atoms with Gasteiger partial charge < -0.3 is 44.3 Å². The molecule has 18 rings (SSSR count). The highest BCUT2D eigenvalue weighted by Gasteiger charge is 2.51. The number of sulfone groups is 1. The lowest BCUT2D eigenvalue weighted by atomic mass is 9.77. The van der Waals surface area contributed by atoms with Crippen LogP contribution in [0.2, 0.25) is 0 Å². The van der Waals surface area contributed by atoms with Crippen LogP contribution >= 0.6 is 0 Å². The van der Waals surface area contributed by atoms with Crippen molar-refractivity contribution in [3.63, 3.8) is 0 Å². The van der Waals surface area contributed by atoms with Gasteiger partial charge in [0.25, 0.3) is 0 Å². The second-order valence-corrected chi connectivity index (χ2v) is 43.5. The Morgan fingerprint density at radius 3 is 0.907 bits per heavy atom. The zero-order chi connectivity index (χ0) is 100. The predicted octanol–water partition coefficient (Wildman–Crippen LogP) is 23.3. The third-order valence-electron chi connectivity index (χ3n) is 29.1. The van der Waals surface area contributed by atoms with Gasteiger partial charge in [-0.15, -0.1) is 0 Å². The molecule has 6 saturated carbocycles. The number of benzene rings is 4. The Bertz CT molecular complexity index is 6610. The van der Waals surface area contributed by atoms with E-state index in [2.05, 4.69) is 68.1 Å². The van der Waals surface area contributed by atoms with E-state index in [1.807, 2.05) is 132 Å². The van der Waals surface area contributed by atoms with Crippen molar-refractivity contribution in [1.29, 1.82) is 0 Å².